The minimum absolute atomic E-state index is 0. The Hall–Kier alpha value is -2.23. The zero-order chi connectivity index (χ0) is 29.5. The molecule has 1 fully saturated rings. The summed E-state index contributed by atoms with van der Waals surface area (Å²) in [6, 6.07) is 7.30. The molecule has 1 saturated heterocycles. The Labute approximate surface area is 290 Å². The molecule has 1 unspecified atom stereocenters. The molecule has 44 heavy (non-hydrogen) atoms. The maximum Gasteiger partial charge on any atom is 0.245 e. The Morgan fingerprint density at radius 1 is 1.00 bits per heavy atom. The summed E-state index contributed by atoms with van der Waals surface area (Å²) in [6.45, 7) is 1.63. The van der Waals surface area contributed by atoms with Gasteiger partial charge in [0.05, 0.1) is 6.04 Å². The van der Waals surface area contributed by atoms with Crippen LogP contribution in [-0.2, 0) is 27.2 Å². The van der Waals surface area contributed by atoms with Crippen molar-refractivity contribution in [3.05, 3.63) is 47.5 Å². The van der Waals surface area contributed by atoms with Gasteiger partial charge in [0, 0.05) is 32.5 Å². The van der Waals surface area contributed by atoms with Crippen molar-refractivity contribution >= 4 is 68.7 Å². The van der Waals surface area contributed by atoms with Crippen molar-refractivity contribution in [2.24, 2.45) is 11.5 Å². The second-order valence-electron chi connectivity index (χ2n) is 11.1. The molecule has 2 aliphatic rings. The number of hydrogen-bond donors (Lipinski definition) is 7. The largest absolute Gasteiger partial charge is 0.508 e. The number of nitrogens with zero attached hydrogens (tertiary/aromatic N) is 1. The van der Waals surface area contributed by atoms with E-state index in [1.165, 1.54) is 18.0 Å². The summed E-state index contributed by atoms with van der Waals surface area (Å²) in [5.41, 5.74) is 14.4. The number of nitrogens with one attached hydrogen (secondary N) is 3. The van der Waals surface area contributed by atoms with Crippen LogP contribution in [0, 0.1) is 0 Å². The second kappa shape index (κ2) is 18.7. The Bertz CT molecular complexity index is 1260. The summed E-state index contributed by atoms with van der Waals surface area (Å²) in [5, 5.41) is 30.4. The van der Waals surface area contributed by atoms with Crippen LogP contribution in [0.1, 0.15) is 43.2 Å². The Kier molecular flexibility index (Phi) is 16.9. The van der Waals surface area contributed by atoms with E-state index in [2.05, 4.69) is 16.0 Å². The lowest BCUT2D eigenvalue weighted by Crippen LogP contribution is -2.57. The third-order valence-electron chi connectivity index (χ3n) is 8.05. The predicted molar refractivity (Wildman–Crippen MR) is 187 cm³/mol. The van der Waals surface area contributed by atoms with Crippen molar-refractivity contribution in [1.82, 2.24) is 20.9 Å². The van der Waals surface area contributed by atoms with E-state index in [1.807, 2.05) is 0 Å². The summed E-state index contributed by atoms with van der Waals surface area (Å²) in [7, 11) is 1.53. The number of aromatic hydroxyl groups is 2. The average Bonchev–Trinajstić information content (AvgIpc) is 2.98. The zero-order valence-corrected chi connectivity index (χ0v) is 29.9. The quantitative estimate of drug-likeness (QED) is 0.232. The molecule has 2 aliphatic heterocycles. The first-order chi connectivity index (χ1) is 19.7. The van der Waals surface area contributed by atoms with Crippen LogP contribution in [0.5, 0.6) is 11.5 Å². The maximum absolute atomic E-state index is 13.8. The van der Waals surface area contributed by atoms with Crippen LogP contribution >= 0.6 is 50.9 Å². The molecule has 2 aromatic rings. The molecule has 0 saturated carbocycles. The van der Waals surface area contributed by atoms with E-state index in [1.54, 1.807) is 30.3 Å². The van der Waals surface area contributed by atoms with E-state index in [9.17, 15) is 24.6 Å². The number of amides is 3. The fourth-order valence-corrected chi connectivity index (χ4v) is 5.50. The van der Waals surface area contributed by atoms with Crippen LogP contribution in [0.25, 0.3) is 11.1 Å². The minimum atomic E-state index is -1.03. The number of likely N-dealkylation sites (N-methyl/N-ethyl adjacent to an activating group) is 1. The van der Waals surface area contributed by atoms with Gasteiger partial charge in [0.25, 0.3) is 0 Å². The number of rotatable bonds is 6. The van der Waals surface area contributed by atoms with Gasteiger partial charge >= 0.3 is 0 Å². The van der Waals surface area contributed by atoms with E-state index < -0.39 is 29.9 Å². The van der Waals surface area contributed by atoms with Crippen LogP contribution in [-0.4, -0.2) is 83.7 Å². The Balaban J connectivity index is 0.00000323. The van der Waals surface area contributed by atoms with Crippen LogP contribution in [0.2, 0.25) is 0 Å². The predicted octanol–water partition coefficient (Wildman–Crippen LogP) is 2.23. The molecule has 2 heterocycles. The number of phenols is 2. The van der Waals surface area contributed by atoms with Gasteiger partial charge < -0.3 is 42.5 Å². The Morgan fingerprint density at radius 3 is 2.18 bits per heavy atom. The molecule has 14 heteroatoms. The number of piperidine rings is 1. The van der Waals surface area contributed by atoms with Crippen LogP contribution in [0.3, 0.4) is 0 Å². The van der Waals surface area contributed by atoms with Crippen molar-refractivity contribution in [3.8, 4) is 22.6 Å². The van der Waals surface area contributed by atoms with Crippen LogP contribution in [0.4, 0.5) is 0 Å². The normalized spacial score (nSPS) is 22.1. The number of halogens is 3. The van der Waals surface area contributed by atoms with Gasteiger partial charge in [0.2, 0.25) is 17.7 Å². The molecule has 4 rings (SSSR count). The van der Waals surface area contributed by atoms with E-state index in [4.69, 9.17) is 11.5 Å². The highest BCUT2D eigenvalue weighted by atomic mass is 79.9. The molecule has 0 aliphatic carbocycles. The van der Waals surface area contributed by atoms with Gasteiger partial charge in [-0.05, 0) is 85.3 Å². The molecule has 11 nitrogen and oxygen atoms in total. The highest BCUT2D eigenvalue weighted by molar-refractivity contribution is 8.93. The van der Waals surface area contributed by atoms with Gasteiger partial charge in [-0.1, -0.05) is 18.6 Å². The molecule has 3 amide bonds. The van der Waals surface area contributed by atoms with Gasteiger partial charge in [-0.2, -0.15) is 0 Å². The number of carbonyl (C=O) groups is 3. The lowest BCUT2D eigenvalue weighted by atomic mass is 9.95. The van der Waals surface area contributed by atoms with Crippen molar-refractivity contribution in [2.75, 3.05) is 26.7 Å². The fourth-order valence-electron chi connectivity index (χ4n) is 5.50. The van der Waals surface area contributed by atoms with Gasteiger partial charge in [-0.25, -0.2) is 0 Å². The Morgan fingerprint density at radius 2 is 1.61 bits per heavy atom. The smallest absolute Gasteiger partial charge is 0.245 e. The number of hydrogen-bond acceptors (Lipinski definition) is 8. The third kappa shape index (κ3) is 10.1. The van der Waals surface area contributed by atoms with Gasteiger partial charge in [0.1, 0.15) is 23.6 Å². The molecule has 4 bridgehead atoms. The van der Waals surface area contributed by atoms with Gasteiger partial charge in [0.15, 0.2) is 0 Å². The lowest BCUT2D eigenvalue weighted by Gasteiger charge is -2.32. The highest BCUT2D eigenvalue weighted by Gasteiger charge is 2.34. The minimum Gasteiger partial charge on any atom is -0.508 e. The highest BCUT2D eigenvalue weighted by Crippen LogP contribution is 2.31. The van der Waals surface area contributed by atoms with Crippen LogP contribution < -0.4 is 27.4 Å². The second-order valence-corrected chi connectivity index (χ2v) is 11.1. The van der Waals surface area contributed by atoms with E-state index in [-0.39, 0.29) is 93.7 Å². The first-order valence-corrected chi connectivity index (χ1v) is 14.4. The van der Waals surface area contributed by atoms with E-state index >= 15 is 0 Å². The van der Waals surface area contributed by atoms with Crippen molar-refractivity contribution in [1.29, 1.82) is 0 Å². The van der Waals surface area contributed by atoms with Gasteiger partial charge in [-0.15, -0.1) is 50.9 Å². The first-order valence-electron chi connectivity index (χ1n) is 14.4. The zero-order valence-electron chi connectivity index (χ0n) is 24.8. The summed E-state index contributed by atoms with van der Waals surface area (Å²) in [4.78, 5) is 41.9. The number of nitrogens with two attached hydrogens (primary N) is 2. The van der Waals surface area contributed by atoms with E-state index in [0.29, 0.717) is 30.6 Å². The van der Waals surface area contributed by atoms with Crippen LogP contribution in [0.15, 0.2) is 36.4 Å². The molecule has 2 aromatic carbocycles. The molecule has 0 aromatic heterocycles. The first kappa shape index (κ1) is 39.8. The average molecular weight is 809 g/mol. The molecular formula is C30H45Br3N6O5. The van der Waals surface area contributed by atoms with Crippen molar-refractivity contribution in [3.63, 3.8) is 0 Å². The maximum atomic E-state index is 13.8. The van der Waals surface area contributed by atoms with Gasteiger partial charge in [-0.3, -0.25) is 14.4 Å². The summed E-state index contributed by atoms with van der Waals surface area (Å²) < 4.78 is 0. The third-order valence-corrected chi connectivity index (χ3v) is 8.05. The molecular weight excluding hydrogens is 764 g/mol. The summed E-state index contributed by atoms with van der Waals surface area (Å²) in [5.74, 6) is -1.35. The molecule has 246 valence electrons. The lowest BCUT2D eigenvalue weighted by molar-refractivity contribution is -0.142. The molecule has 0 spiro atoms. The van der Waals surface area contributed by atoms with E-state index in [0.717, 1.165) is 36.9 Å². The number of phenolic OH excluding ortho intramolecular Hbond substituents is 2. The standard InChI is InChI=1S/C30H42N6O5.3BrH/c1-36-25(29(40)34-17-22-5-2-3-12-33-22)16-21-14-19(8-10-27(21)38)18-7-9-26(37)20(13-18)15-23(32)28(39)35-24(30(36)41)6-4-11-31;;;/h7-10,13-14,22-25,33,37-38H,2-6,11-12,15-17,31-32H2,1H3,(H,34,40)(H,35,39);3*1H/t22?,23-,24-,25-;;;/m0.../s1. The number of benzene rings is 2. The van der Waals surface area contributed by atoms with Crippen molar-refractivity contribution in [2.45, 2.75) is 69.1 Å². The fraction of sp³-hybridized carbons (Fsp3) is 0.500. The number of fused-ring (bicyclic) bond motifs is 5. The van der Waals surface area contributed by atoms with Crippen molar-refractivity contribution < 1.29 is 24.6 Å². The monoisotopic (exact) mass is 806 g/mol. The number of carbonyl (C=O) groups excluding carboxylic acids is 3. The molecule has 0 radical (unpaired) electrons. The molecule has 9 N–H and O–H groups in total. The topological polar surface area (TPSA) is 183 Å². The molecule has 4 atom stereocenters. The summed E-state index contributed by atoms with van der Waals surface area (Å²) >= 11 is 0. The SMILES string of the molecule is Br.Br.Br.CN1C(=O)[C@H](CCCN)NC(=O)[C@@H](N)Cc2cc(ccc2O)-c2ccc(O)c(c2)C[C@H]1C(=O)NCC1CCCCN1. The summed E-state index contributed by atoms with van der Waals surface area (Å²) in [6.07, 6.45) is 3.96.